The largest absolute Gasteiger partial charge is 0.392 e. The average Bonchev–Trinajstić information content (AvgIpc) is 2.27. The Bertz CT molecular complexity index is 514. The van der Waals surface area contributed by atoms with Crippen molar-refractivity contribution in [3.63, 3.8) is 0 Å². The van der Waals surface area contributed by atoms with Crippen molar-refractivity contribution in [1.29, 1.82) is 0 Å². The summed E-state index contributed by atoms with van der Waals surface area (Å²) < 4.78 is 0. The van der Waals surface area contributed by atoms with Crippen molar-refractivity contribution in [2.24, 2.45) is 5.84 Å². The molecule has 0 aliphatic rings. The van der Waals surface area contributed by atoms with Crippen LogP contribution in [0.5, 0.6) is 0 Å². The number of nitrogens with zero attached hydrogens (tertiary/aromatic N) is 2. The molecule has 1 amide bonds. The standard InChI is InChI=1S/C7H7N5O5/c8-6-4(7(13)10-9)1-3(11(14)15)2-5(6)12(16)17/h1-2H,8-9H2,(H,10,13). The third-order valence-electron chi connectivity index (χ3n) is 1.93. The summed E-state index contributed by atoms with van der Waals surface area (Å²) in [6, 6.07) is 1.48. The van der Waals surface area contributed by atoms with Gasteiger partial charge in [-0.15, -0.1) is 0 Å². The number of non-ortho nitro benzene ring substituents is 1. The zero-order valence-electron chi connectivity index (χ0n) is 8.25. The van der Waals surface area contributed by atoms with Gasteiger partial charge < -0.3 is 5.73 Å². The number of hydrazine groups is 1. The molecule has 0 unspecified atom stereocenters. The molecule has 1 aromatic carbocycles. The first-order chi connectivity index (χ1) is 7.88. The van der Waals surface area contributed by atoms with Gasteiger partial charge in [0.2, 0.25) is 0 Å². The van der Waals surface area contributed by atoms with Gasteiger partial charge in [0, 0.05) is 6.07 Å². The predicted molar refractivity (Wildman–Crippen MR) is 55.8 cm³/mol. The van der Waals surface area contributed by atoms with Crippen LogP contribution in [0, 0.1) is 20.2 Å². The molecule has 0 saturated heterocycles. The second kappa shape index (κ2) is 4.40. The number of nitro groups is 2. The van der Waals surface area contributed by atoms with Gasteiger partial charge >= 0.3 is 0 Å². The van der Waals surface area contributed by atoms with E-state index >= 15 is 0 Å². The van der Waals surface area contributed by atoms with Crippen molar-refractivity contribution in [1.82, 2.24) is 5.43 Å². The van der Waals surface area contributed by atoms with Crippen LogP contribution in [-0.4, -0.2) is 15.8 Å². The fourth-order valence-corrected chi connectivity index (χ4v) is 1.15. The zero-order valence-corrected chi connectivity index (χ0v) is 8.25. The Morgan fingerprint density at radius 2 is 1.82 bits per heavy atom. The molecule has 0 heterocycles. The maximum absolute atomic E-state index is 11.2. The summed E-state index contributed by atoms with van der Waals surface area (Å²) in [6.07, 6.45) is 0. The van der Waals surface area contributed by atoms with E-state index in [2.05, 4.69) is 0 Å². The van der Waals surface area contributed by atoms with E-state index in [1.54, 1.807) is 5.43 Å². The number of hydrogen-bond acceptors (Lipinski definition) is 7. The van der Waals surface area contributed by atoms with Crippen LogP contribution in [0.15, 0.2) is 12.1 Å². The lowest BCUT2D eigenvalue weighted by Crippen LogP contribution is -2.30. The number of rotatable bonds is 3. The van der Waals surface area contributed by atoms with E-state index in [1.807, 2.05) is 0 Å². The average molecular weight is 241 g/mol. The third kappa shape index (κ3) is 2.26. The van der Waals surface area contributed by atoms with Crippen LogP contribution in [0.4, 0.5) is 17.1 Å². The molecular weight excluding hydrogens is 234 g/mol. The SMILES string of the molecule is NNC(=O)c1cc([N+](=O)[O-])cc([N+](=O)[O-])c1N. The van der Waals surface area contributed by atoms with Crippen LogP contribution in [0.1, 0.15) is 10.4 Å². The van der Waals surface area contributed by atoms with Crippen LogP contribution in [0.2, 0.25) is 0 Å². The number of nitrogens with one attached hydrogen (secondary N) is 1. The van der Waals surface area contributed by atoms with Crippen LogP contribution in [0.25, 0.3) is 0 Å². The molecule has 10 heteroatoms. The van der Waals surface area contributed by atoms with E-state index in [1.165, 1.54) is 0 Å². The highest BCUT2D eigenvalue weighted by Crippen LogP contribution is 2.30. The Hall–Kier alpha value is -2.75. The van der Waals surface area contributed by atoms with Gasteiger partial charge in [0.05, 0.1) is 21.5 Å². The van der Waals surface area contributed by atoms with E-state index in [0.29, 0.717) is 6.07 Å². The summed E-state index contributed by atoms with van der Waals surface area (Å²) >= 11 is 0. The predicted octanol–water partition coefficient (Wildman–Crippen LogP) is -0.311. The van der Waals surface area contributed by atoms with Gasteiger partial charge in [0.25, 0.3) is 17.3 Å². The molecular formula is C7H7N5O5. The van der Waals surface area contributed by atoms with Gasteiger partial charge in [0.1, 0.15) is 5.69 Å². The van der Waals surface area contributed by atoms with E-state index in [-0.39, 0.29) is 0 Å². The maximum Gasteiger partial charge on any atom is 0.299 e. The lowest BCUT2D eigenvalue weighted by atomic mass is 10.1. The first-order valence-electron chi connectivity index (χ1n) is 4.11. The lowest BCUT2D eigenvalue weighted by Gasteiger charge is -2.04. The number of nitro benzene ring substituents is 2. The minimum Gasteiger partial charge on any atom is -0.392 e. The van der Waals surface area contributed by atoms with E-state index in [9.17, 15) is 25.0 Å². The first-order valence-corrected chi connectivity index (χ1v) is 4.11. The molecule has 1 rings (SSSR count). The second-order valence-corrected chi connectivity index (χ2v) is 2.91. The molecule has 90 valence electrons. The number of nitrogens with two attached hydrogens (primary N) is 2. The maximum atomic E-state index is 11.2. The minimum absolute atomic E-state index is 0.423. The van der Waals surface area contributed by atoms with Gasteiger partial charge in [-0.05, 0) is 0 Å². The molecule has 5 N–H and O–H groups in total. The first kappa shape index (κ1) is 12.3. The molecule has 0 spiro atoms. The fraction of sp³-hybridized carbons (Fsp3) is 0. The van der Waals surface area contributed by atoms with Crippen LogP contribution < -0.4 is 17.0 Å². The van der Waals surface area contributed by atoms with Gasteiger partial charge in [-0.25, -0.2) is 5.84 Å². The van der Waals surface area contributed by atoms with Gasteiger partial charge in [-0.2, -0.15) is 0 Å². The van der Waals surface area contributed by atoms with Crippen LogP contribution >= 0.6 is 0 Å². The zero-order chi connectivity index (χ0) is 13.2. The quantitative estimate of drug-likeness (QED) is 0.214. The molecule has 0 fully saturated rings. The number of benzene rings is 1. The molecule has 0 radical (unpaired) electrons. The van der Waals surface area contributed by atoms with Gasteiger partial charge in [-0.3, -0.25) is 30.4 Å². The molecule has 0 atom stereocenters. The monoisotopic (exact) mass is 241 g/mol. The molecule has 10 nitrogen and oxygen atoms in total. The highest BCUT2D eigenvalue weighted by molar-refractivity contribution is 6.01. The molecule has 0 aliphatic heterocycles. The van der Waals surface area contributed by atoms with Gasteiger partial charge in [-0.1, -0.05) is 0 Å². The van der Waals surface area contributed by atoms with E-state index in [4.69, 9.17) is 11.6 Å². The normalized spacial score (nSPS) is 9.71. The Balaban J connectivity index is 3.54. The summed E-state index contributed by atoms with van der Waals surface area (Å²) in [4.78, 5) is 30.6. The number of carbonyl (C=O) groups excluding carboxylic acids is 1. The van der Waals surface area contributed by atoms with Crippen molar-refractivity contribution in [2.45, 2.75) is 0 Å². The number of hydrogen-bond donors (Lipinski definition) is 3. The number of nitrogen functional groups attached to an aromatic ring is 2. The van der Waals surface area contributed by atoms with Crippen LogP contribution in [0.3, 0.4) is 0 Å². The summed E-state index contributed by atoms with van der Waals surface area (Å²) in [5.41, 5.74) is 4.79. The van der Waals surface area contributed by atoms with Gasteiger partial charge in [0.15, 0.2) is 0 Å². The van der Waals surface area contributed by atoms with E-state index in [0.717, 1.165) is 6.07 Å². The number of amides is 1. The van der Waals surface area contributed by atoms with Crippen molar-refractivity contribution >= 4 is 23.0 Å². The number of carbonyl (C=O) groups is 1. The summed E-state index contributed by atoms with van der Waals surface area (Å²) in [5.74, 6) is 3.88. The molecule has 0 bridgehead atoms. The molecule has 0 aliphatic carbocycles. The van der Waals surface area contributed by atoms with Crippen molar-refractivity contribution < 1.29 is 14.6 Å². The molecule has 0 aromatic heterocycles. The van der Waals surface area contributed by atoms with Crippen molar-refractivity contribution in [3.8, 4) is 0 Å². The summed E-state index contributed by atoms with van der Waals surface area (Å²) in [7, 11) is 0. The third-order valence-corrected chi connectivity index (χ3v) is 1.93. The van der Waals surface area contributed by atoms with Crippen molar-refractivity contribution in [2.75, 3.05) is 5.73 Å². The lowest BCUT2D eigenvalue weighted by molar-refractivity contribution is -0.393. The highest BCUT2D eigenvalue weighted by atomic mass is 16.6. The van der Waals surface area contributed by atoms with Crippen molar-refractivity contribution in [3.05, 3.63) is 37.9 Å². The highest BCUT2D eigenvalue weighted by Gasteiger charge is 2.25. The smallest absolute Gasteiger partial charge is 0.299 e. The number of anilines is 1. The summed E-state index contributed by atoms with van der Waals surface area (Å²) in [5, 5.41) is 21.1. The topological polar surface area (TPSA) is 167 Å². The Morgan fingerprint density at radius 3 is 2.24 bits per heavy atom. The Labute approximate surface area is 93.5 Å². The molecule has 1 aromatic rings. The molecule has 17 heavy (non-hydrogen) atoms. The summed E-state index contributed by atoms with van der Waals surface area (Å²) in [6.45, 7) is 0. The van der Waals surface area contributed by atoms with Crippen LogP contribution in [-0.2, 0) is 0 Å². The minimum atomic E-state index is -0.950. The Morgan fingerprint density at radius 1 is 1.24 bits per heavy atom. The fourth-order valence-electron chi connectivity index (χ4n) is 1.15. The second-order valence-electron chi connectivity index (χ2n) is 2.91. The molecule has 0 saturated carbocycles. The Kier molecular flexibility index (Phi) is 3.19. The van der Waals surface area contributed by atoms with E-state index < -0.39 is 38.4 Å².